The number of ether oxygens (including phenoxy) is 1. The van der Waals surface area contributed by atoms with Crippen molar-refractivity contribution in [2.75, 3.05) is 25.6 Å². The highest BCUT2D eigenvalue weighted by Gasteiger charge is 2.31. The van der Waals surface area contributed by atoms with Crippen LogP contribution in [0.15, 0.2) is 9.59 Å². The number of hydrogen-bond acceptors (Lipinski definition) is 9. The van der Waals surface area contributed by atoms with Gasteiger partial charge in [-0.3, -0.25) is 9.59 Å². The average Bonchev–Trinajstić information content (AvgIpc) is 2.47. The average molecular weight is 291 g/mol. The first kappa shape index (κ1) is 16.5. The van der Waals surface area contributed by atoms with Crippen LogP contribution in [0.5, 0.6) is 5.75 Å². The zero-order valence-corrected chi connectivity index (χ0v) is 10.7. The summed E-state index contributed by atoms with van der Waals surface area (Å²) in [7, 11) is 1.20. The second kappa shape index (κ2) is 6.77. The van der Waals surface area contributed by atoms with Crippen LogP contribution in [0.3, 0.4) is 0 Å². The molecule has 0 heterocycles. The smallest absolute Gasteiger partial charge is 0.271 e. The topological polar surface area (TPSA) is 157 Å². The third kappa shape index (κ3) is 3.14. The van der Waals surface area contributed by atoms with Gasteiger partial charge >= 0.3 is 0 Å². The highest BCUT2D eigenvalue weighted by atomic mass is 16.5. The Kier molecular flexibility index (Phi) is 5.60. The molecule has 0 unspecified atom stereocenters. The molecule has 6 N–H and O–H groups in total. The summed E-state index contributed by atoms with van der Waals surface area (Å²) in [6.07, 6.45) is -6.66. The first-order chi connectivity index (χ1) is 9.34. The first-order valence-corrected chi connectivity index (χ1v) is 5.79. The Morgan fingerprint density at radius 3 is 2.10 bits per heavy atom. The maximum Gasteiger partial charge on any atom is 0.271 e. The number of methoxy groups -OCH3 is 1. The Hall–Kier alpha value is -1.52. The van der Waals surface area contributed by atoms with Gasteiger partial charge in [-0.1, -0.05) is 0 Å². The Balaban J connectivity index is 2.59. The molecule has 0 aromatic heterocycles. The summed E-state index contributed by atoms with van der Waals surface area (Å²) in [6.45, 7) is -1.15. The van der Waals surface area contributed by atoms with Crippen LogP contribution in [0.4, 0.5) is 5.69 Å². The lowest BCUT2D eigenvalue weighted by atomic mass is 10.0. The van der Waals surface area contributed by atoms with Gasteiger partial charge in [-0.25, -0.2) is 0 Å². The zero-order chi connectivity index (χ0) is 15.4. The quantitative estimate of drug-likeness (QED) is 0.264. The molecule has 0 spiro atoms. The largest absolute Gasteiger partial charge is 0.491 e. The fourth-order valence-electron chi connectivity index (χ4n) is 1.62. The van der Waals surface area contributed by atoms with Gasteiger partial charge in [0.05, 0.1) is 19.8 Å². The van der Waals surface area contributed by atoms with E-state index in [1.54, 1.807) is 0 Å². The van der Waals surface area contributed by atoms with E-state index in [2.05, 4.69) is 10.1 Å². The lowest BCUT2D eigenvalue weighted by Gasteiger charge is -2.26. The summed E-state index contributed by atoms with van der Waals surface area (Å²) < 4.78 is 4.66. The number of aliphatic hydroxyl groups excluding tert-OH is 5. The number of hydrogen-bond donors (Lipinski definition) is 6. The Bertz CT molecular complexity index is 509. The number of nitrogens with one attached hydrogen (secondary N) is 1. The van der Waals surface area contributed by atoms with E-state index in [1.165, 1.54) is 7.11 Å². The van der Waals surface area contributed by atoms with Crippen molar-refractivity contribution in [3.05, 3.63) is 20.4 Å². The van der Waals surface area contributed by atoms with Gasteiger partial charge in [0.2, 0.25) is 0 Å². The van der Waals surface area contributed by atoms with Crippen LogP contribution in [0.1, 0.15) is 0 Å². The molecule has 9 heteroatoms. The lowest BCUT2D eigenvalue weighted by molar-refractivity contribution is -0.111. The van der Waals surface area contributed by atoms with Crippen LogP contribution in [-0.4, -0.2) is 70.2 Å². The van der Waals surface area contributed by atoms with Gasteiger partial charge in [-0.15, -0.1) is 0 Å². The number of rotatable bonds is 8. The minimum Gasteiger partial charge on any atom is -0.491 e. The van der Waals surface area contributed by atoms with E-state index >= 15 is 0 Å². The maximum atomic E-state index is 11.2. The molecule has 0 saturated heterocycles. The molecule has 1 aromatic carbocycles. The molecule has 9 nitrogen and oxygen atoms in total. The van der Waals surface area contributed by atoms with E-state index < -0.39 is 41.9 Å². The molecule has 0 aliphatic rings. The molecule has 4 atom stereocenters. The molecule has 1 aromatic rings. The Labute approximate surface area is 113 Å². The van der Waals surface area contributed by atoms with Gasteiger partial charge in [0.25, 0.3) is 10.9 Å². The highest BCUT2D eigenvalue weighted by molar-refractivity contribution is 5.61. The zero-order valence-electron chi connectivity index (χ0n) is 10.7. The van der Waals surface area contributed by atoms with E-state index in [9.17, 15) is 24.9 Å². The van der Waals surface area contributed by atoms with E-state index in [-0.39, 0.29) is 18.0 Å². The second-order valence-electron chi connectivity index (χ2n) is 4.25. The van der Waals surface area contributed by atoms with Crippen LogP contribution >= 0.6 is 0 Å². The third-order valence-corrected chi connectivity index (χ3v) is 2.88. The molecular weight excluding hydrogens is 274 g/mol. The summed E-state index contributed by atoms with van der Waals surface area (Å²) in [5, 5.41) is 48.6. The highest BCUT2D eigenvalue weighted by Crippen LogP contribution is 2.16. The fraction of sp³-hybridized carbons (Fsp3) is 0.636. The molecule has 1 rings (SSSR count). The van der Waals surface area contributed by atoms with Gasteiger partial charge in [0.15, 0.2) is 5.75 Å². The molecule has 0 amide bonds. The van der Waals surface area contributed by atoms with Gasteiger partial charge in [-0.05, 0) is 0 Å². The van der Waals surface area contributed by atoms with Crippen LogP contribution in [0.2, 0.25) is 0 Å². The van der Waals surface area contributed by atoms with Gasteiger partial charge in [-0.2, -0.15) is 0 Å². The van der Waals surface area contributed by atoms with Crippen molar-refractivity contribution in [1.29, 1.82) is 0 Å². The summed E-state index contributed by atoms with van der Waals surface area (Å²) in [5.74, 6) is -0.173. The molecule has 20 heavy (non-hydrogen) atoms. The maximum absolute atomic E-state index is 11.2. The van der Waals surface area contributed by atoms with Crippen molar-refractivity contribution in [1.82, 2.24) is 0 Å². The van der Waals surface area contributed by atoms with Crippen molar-refractivity contribution in [2.45, 2.75) is 24.4 Å². The van der Waals surface area contributed by atoms with Crippen molar-refractivity contribution in [2.24, 2.45) is 0 Å². The predicted octanol–water partition coefficient (Wildman–Crippen LogP) is -3.86. The van der Waals surface area contributed by atoms with Crippen molar-refractivity contribution < 1.29 is 30.3 Å². The molecule has 114 valence electrons. The van der Waals surface area contributed by atoms with Crippen LogP contribution in [0, 0.1) is 0 Å². The van der Waals surface area contributed by atoms with Crippen molar-refractivity contribution in [3.8, 4) is 5.75 Å². The van der Waals surface area contributed by atoms with E-state index in [1.807, 2.05) is 0 Å². The fourth-order valence-corrected chi connectivity index (χ4v) is 1.62. The van der Waals surface area contributed by atoms with Crippen LogP contribution < -0.4 is 20.9 Å². The summed E-state index contributed by atoms with van der Waals surface area (Å²) in [6, 6.07) is 0. The van der Waals surface area contributed by atoms with Gasteiger partial charge < -0.3 is 35.6 Å². The molecule has 0 aliphatic heterocycles. The molecule has 0 aliphatic carbocycles. The Morgan fingerprint density at radius 1 is 1.05 bits per heavy atom. The van der Waals surface area contributed by atoms with Crippen molar-refractivity contribution >= 4 is 5.69 Å². The van der Waals surface area contributed by atoms with E-state index in [4.69, 9.17) is 10.2 Å². The molecule has 0 radical (unpaired) electrons. The predicted molar refractivity (Wildman–Crippen MR) is 67.5 cm³/mol. The third-order valence-electron chi connectivity index (χ3n) is 2.88. The standard InChI is InChI=1S/C11H17NO8/c1-20-11-6(9(18)10(11)19)12-2-4(14)7(16)8(17)5(15)3-13/h4-5,7-8,12-17H,2-3H2,1H3/t4-,5+,7+,8+/m0/s1. The molecular formula is C11H17NO8. The minimum absolute atomic E-state index is 0.124. The first-order valence-electron chi connectivity index (χ1n) is 5.79. The van der Waals surface area contributed by atoms with Crippen LogP contribution in [-0.2, 0) is 0 Å². The van der Waals surface area contributed by atoms with Gasteiger partial charge in [0.1, 0.15) is 24.0 Å². The normalized spacial score (nSPS) is 17.5. The monoisotopic (exact) mass is 291 g/mol. The number of aliphatic hydroxyl groups is 5. The minimum atomic E-state index is -1.76. The molecule has 0 bridgehead atoms. The van der Waals surface area contributed by atoms with Gasteiger partial charge in [0, 0.05) is 6.54 Å². The summed E-state index contributed by atoms with van der Waals surface area (Å²) in [5.41, 5.74) is -1.72. The van der Waals surface area contributed by atoms with E-state index in [0.29, 0.717) is 0 Å². The SMILES string of the molecule is COc1c(NC[C@H](O)[C@@H](O)[C@H](O)[C@H](O)CO)c(=O)c1=O. The summed E-state index contributed by atoms with van der Waals surface area (Å²) >= 11 is 0. The molecule has 0 fully saturated rings. The number of anilines is 1. The van der Waals surface area contributed by atoms with E-state index in [0.717, 1.165) is 0 Å². The van der Waals surface area contributed by atoms with Crippen molar-refractivity contribution in [3.63, 3.8) is 0 Å². The molecule has 0 saturated carbocycles. The lowest BCUT2D eigenvalue weighted by Crippen LogP contribution is -2.48. The second-order valence-corrected chi connectivity index (χ2v) is 4.25. The Morgan fingerprint density at radius 2 is 1.60 bits per heavy atom. The summed E-state index contributed by atoms with van der Waals surface area (Å²) in [4.78, 5) is 22.2. The van der Waals surface area contributed by atoms with Crippen LogP contribution in [0.25, 0.3) is 0 Å².